The van der Waals surface area contributed by atoms with Crippen LogP contribution in [0.2, 0.25) is 10.0 Å². The van der Waals surface area contributed by atoms with E-state index in [0.29, 0.717) is 28.8 Å². The number of carbonyl (C=O) groups excluding carboxylic acids is 1. The molecule has 0 atom stereocenters. The van der Waals surface area contributed by atoms with Crippen LogP contribution >= 0.6 is 46.7 Å². The smallest absolute Gasteiger partial charge is 0.251 e. The minimum atomic E-state index is -0.0868. The summed E-state index contributed by atoms with van der Waals surface area (Å²) in [4.78, 5) is 13.5. The third-order valence-corrected chi connectivity index (χ3v) is 6.86. The normalized spacial score (nSPS) is 10.6. The zero-order valence-corrected chi connectivity index (χ0v) is 20.0. The number of halogens is 2. The van der Waals surface area contributed by atoms with Crippen LogP contribution in [0, 0.1) is 0 Å². The first-order chi connectivity index (χ1) is 15.1. The molecule has 0 heterocycles. The summed E-state index contributed by atoms with van der Waals surface area (Å²) in [5.41, 5.74) is 1.66. The third-order valence-electron chi connectivity index (χ3n) is 4.29. The van der Waals surface area contributed by atoms with E-state index in [-0.39, 0.29) is 5.91 Å². The Morgan fingerprint density at radius 1 is 0.935 bits per heavy atom. The summed E-state index contributed by atoms with van der Waals surface area (Å²) in [6, 6.07) is 23.0. The lowest BCUT2D eigenvalue weighted by molar-refractivity contribution is 0.0956. The molecule has 0 aliphatic carbocycles. The molecule has 0 aromatic heterocycles. The van der Waals surface area contributed by atoms with Crippen LogP contribution in [-0.4, -0.2) is 30.6 Å². The summed E-state index contributed by atoms with van der Waals surface area (Å²) >= 11 is 15.6. The number of nitrogens with one attached hydrogen (secondary N) is 1. The molecule has 0 aliphatic rings. The number of hydrogen-bond acceptors (Lipinski definition) is 4. The van der Waals surface area contributed by atoms with Gasteiger partial charge in [-0.1, -0.05) is 47.5 Å². The lowest BCUT2D eigenvalue weighted by Gasteiger charge is -2.08. The fourth-order valence-electron chi connectivity index (χ4n) is 2.70. The Hall–Kier alpha value is -1.79. The van der Waals surface area contributed by atoms with Crippen molar-refractivity contribution in [1.29, 1.82) is 0 Å². The fraction of sp³-hybridized carbons (Fsp3) is 0.208. The summed E-state index contributed by atoms with van der Waals surface area (Å²) < 4.78 is 5.76. The SMILES string of the molecule is O=C(NCCSCc1ccc(Cl)cc1Cl)c1ccc(OCCSc2ccccc2)cc1. The molecule has 3 nitrogen and oxygen atoms in total. The maximum absolute atomic E-state index is 12.3. The molecule has 1 N–H and O–H groups in total. The van der Waals surface area contributed by atoms with Gasteiger partial charge in [0, 0.05) is 44.3 Å². The fourth-order valence-corrected chi connectivity index (χ4v) is 4.87. The van der Waals surface area contributed by atoms with E-state index in [4.69, 9.17) is 27.9 Å². The lowest BCUT2D eigenvalue weighted by atomic mass is 10.2. The van der Waals surface area contributed by atoms with E-state index in [2.05, 4.69) is 17.4 Å². The molecular weight excluding hydrogens is 469 g/mol. The van der Waals surface area contributed by atoms with E-state index in [0.717, 1.165) is 28.6 Å². The molecule has 0 saturated heterocycles. The Morgan fingerprint density at radius 2 is 1.71 bits per heavy atom. The molecule has 0 aliphatic heterocycles. The van der Waals surface area contributed by atoms with Gasteiger partial charge in [0.15, 0.2) is 0 Å². The second-order valence-electron chi connectivity index (χ2n) is 6.58. The maximum Gasteiger partial charge on any atom is 0.251 e. The van der Waals surface area contributed by atoms with Crippen molar-refractivity contribution in [1.82, 2.24) is 5.32 Å². The first-order valence-corrected chi connectivity index (χ1v) is 12.7. The van der Waals surface area contributed by atoms with Crippen molar-refractivity contribution in [2.24, 2.45) is 0 Å². The van der Waals surface area contributed by atoms with Gasteiger partial charge in [-0.15, -0.1) is 11.8 Å². The van der Waals surface area contributed by atoms with Crippen molar-refractivity contribution < 1.29 is 9.53 Å². The molecular formula is C24H23Cl2NO2S2. The van der Waals surface area contributed by atoms with Crippen LogP contribution < -0.4 is 10.1 Å². The number of amides is 1. The molecule has 0 bridgehead atoms. The summed E-state index contributed by atoms with van der Waals surface area (Å²) in [7, 11) is 0. The Balaban J connectivity index is 1.32. The number of thioether (sulfide) groups is 2. The number of hydrogen-bond donors (Lipinski definition) is 1. The first-order valence-electron chi connectivity index (χ1n) is 9.82. The Bertz CT molecular complexity index is 969. The van der Waals surface area contributed by atoms with Gasteiger partial charge in [0.25, 0.3) is 5.91 Å². The number of carbonyl (C=O) groups is 1. The van der Waals surface area contributed by atoms with Gasteiger partial charge >= 0.3 is 0 Å². The minimum Gasteiger partial charge on any atom is -0.493 e. The van der Waals surface area contributed by atoms with E-state index in [1.54, 1.807) is 41.7 Å². The third kappa shape index (κ3) is 8.34. The second-order valence-corrected chi connectivity index (χ2v) is 9.70. The molecule has 0 unspecified atom stereocenters. The molecule has 0 radical (unpaired) electrons. The molecule has 0 saturated carbocycles. The highest BCUT2D eigenvalue weighted by atomic mass is 35.5. The van der Waals surface area contributed by atoms with E-state index in [9.17, 15) is 4.79 Å². The standard InChI is InChI=1S/C24H23Cl2NO2S2/c25-20-9-6-19(23(26)16-20)17-30-14-12-27-24(28)18-7-10-21(11-8-18)29-13-15-31-22-4-2-1-3-5-22/h1-11,16H,12-15,17H2,(H,27,28). The van der Waals surface area contributed by atoms with Crippen LogP contribution in [0.25, 0.3) is 0 Å². The molecule has 0 fully saturated rings. The zero-order chi connectivity index (χ0) is 21.9. The van der Waals surface area contributed by atoms with E-state index in [1.165, 1.54) is 4.90 Å². The van der Waals surface area contributed by atoms with Crippen LogP contribution in [0.4, 0.5) is 0 Å². The molecule has 0 spiro atoms. The van der Waals surface area contributed by atoms with Gasteiger partial charge in [-0.05, 0) is 54.1 Å². The van der Waals surface area contributed by atoms with E-state index < -0.39 is 0 Å². The largest absolute Gasteiger partial charge is 0.493 e. The van der Waals surface area contributed by atoms with Crippen molar-refractivity contribution in [3.8, 4) is 5.75 Å². The number of ether oxygens (including phenoxy) is 1. The minimum absolute atomic E-state index is 0.0868. The van der Waals surface area contributed by atoms with Gasteiger partial charge in [0.1, 0.15) is 5.75 Å². The Morgan fingerprint density at radius 3 is 2.45 bits per heavy atom. The van der Waals surface area contributed by atoms with Crippen molar-refractivity contribution in [3.63, 3.8) is 0 Å². The van der Waals surface area contributed by atoms with Gasteiger partial charge in [-0.2, -0.15) is 11.8 Å². The van der Waals surface area contributed by atoms with E-state index >= 15 is 0 Å². The van der Waals surface area contributed by atoms with Crippen LogP contribution in [0.3, 0.4) is 0 Å². The maximum atomic E-state index is 12.3. The molecule has 162 valence electrons. The van der Waals surface area contributed by atoms with E-state index in [1.807, 2.05) is 42.5 Å². The van der Waals surface area contributed by atoms with Crippen molar-refractivity contribution in [2.45, 2.75) is 10.6 Å². The summed E-state index contributed by atoms with van der Waals surface area (Å²) in [5, 5.41) is 4.25. The second kappa shape index (κ2) is 12.9. The highest BCUT2D eigenvalue weighted by molar-refractivity contribution is 7.99. The number of benzene rings is 3. The van der Waals surface area contributed by atoms with Crippen LogP contribution in [0.1, 0.15) is 15.9 Å². The Kier molecular flexibility index (Phi) is 9.94. The zero-order valence-electron chi connectivity index (χ0n) is 16.9. The molecule has 1 amide bonds. The monoisotopic (exact) mass is 491 g/mol. The molecule has 7 heteroatoms. The number of rotatable bonds is 11. The summed E-state index contributed by atoms with van der Waals surface area (Å²) in [6.45, 7) is 1.20. The highest BCUT2D eigenvalue weighted by Gasteiger charge is 2.06. The van der Waals surface area contributed by atoms with Gasteiger partial charge in [-0.3, -0.25) is 4.79 Å². The molecule has 3 aromatic rings. The summed E-state index contributed by atoms with van der Waals surface area (Å²) in [5.74, 6) is 3.12. The van der Waals surface area contributed by atoms with Crippen LogP contribution in [-0.2, 0) is 5.75 Å². The van der Waals surface area contributed by atoms with Crippen molar-refractivity contribution in [3.05, 3.63) is 94.0 Å². The Labute approximate surface area is 201 Å². The molecule has 3 rings (SSSR count). The van der Waals surface area contributed by atoms with Crippen LogP contribution in [0.5, 0.6) is 5.75 Å². The highest BCUT2D eigenvalue weighted by Crippen LogP contribution is 2.24. The van der Waals surface area contributed by atoms with Gasteiger partial charge in [0.05, 0.1) is 6.61 Å². The molecule has 3 aromatic carbocycles. The first kappa shape index (κ1) is 23.9. The predicted octanol–water partition coefficient (Wildman–Crippen LogP) is 6.83. The predicted molar refractivity (Wildman–Crippen MR) is 134 cm³/mol. The average molecular weight is 492 g/mol. The van der Waals surface area contributed by atoms with Crippen molar-refractivity contribution >= 4 is 52.6 Å². The van der Waals surface area contributed by atoms with Crippen LogP contribution in [0.15, 0.2) is 77.7 Å². The van der Waals surface area contributed by atoms with Gasteiger partial charge in [0.2, 0.25) is 0 Å². The quantitative estimate of drug-likeness (QED) is 0.235. The molecule has 31 heavy (non-hydrogen) atoms. The topological polar surface area (TPSA) is 38.3 Å². The summed E-state index contributed by atoms with van der Waals surface area (Å²) in [6.07, 6.45) is 0. The average Bonchev–Trinajstić information content (AvgIpc) is 2.79. The van der Waals surface area contributed by atoms with Crippen molar-refractivity contribution in [2.75, 3.05) is 24.7 Å². The van der Waals surface area contributed by atoms with Gasteiger partial charge in [-0.25, -0.2) is 0 Å². The lowest BCUT2D eigenvalue weighted by Crippen LogP contribution is -2.25. The van der Waals surface area contributed by atoms with Gasteiger partial charge < -0.3 is 10.1 Å².